The number of nitrogens with one attached hydrogen (secondary N) is 2. The van der Waals surface area contributed by atoms with Gasteiger partial charge < -0.3 is 15.4 Å². The fourth-order valence-corrected chi connectivity index (χ4v) is 3.86. The summed E-state index contributed by atoms with van der Waals surface area (Å²) in [6.07, 6.45) is 6.76. The molecular weight excluding hydrogens is 390 g/mol. The molecule has 0 spiro atoms. The summed E-state index contributed by atoms with van der Waals surface area (Å²) in [5.74, 6) is 0.558. The number of ether oxygens (including phenoxy) is 1. The molecule has 1 aliphatic heterocycles. The van der Waals surface area contributed by atoms with Crippen molar-refractivity contribution in [1.29, 1.82) is 0 Å². The lowest BCUT2D eigenvalue weighted by Crippen LogP contribution is -2.36. The summed E-state index contributed by atoms with van der Waals surface area (Å²) in [5.41, 5.74) is 2.16. The van der Waals surface area contributed by atoms with Crippen LogP contribution in [0.2, 0.25) is 0 Å². The lowest BCUT2D eigenvalue weighted by atomic mass is 10.1. The van der Waals surface area contributed by atoms with Crippen molar-refractivity contribution in [3.05, 3.63) is 59.7 Å². The van der Waals surface area contributed by atoms with Crippen LogP contribution < -0.4 is 15.4 Å². The molecule has 31 heavy (non-hydrogen) atoms. The summed E-state index contributed by atoms with van der Waals surface area (Å²) in [7, 11) is 1.64. The Balaban J connectivity index is 1.52. The van der Waals surface area contributed by atoms with E-state index in [4.69, 9.17) is 4.74 Å². The first-order valence-corrected chi connectivity index (χ1v) is 11.2. The predicted octanol–water partition coefficient (Wildman–Crippen LogP) is 3.87. The fourth-order valence-electron chi connectivity index (χ4n) is 3.86. The highest BCUT2D eigenvalue weighted by Gasteiger charge is 2.16. The quantitative estimate of drug-likeness (QED) is 0.676. The summed E-state index contributed by atoms with van der Waals surface area (Å²) in [6, 6.07) is 15.0. The second-order valence-corrected chi connectivity index (χ2v) is 7.99. The van der Waals surface area contributed by atoms with E-state index < -0.39 is 0 Å². The molecule has 2 aromatic carbocycles. The largest absolute Gasteiger partial charge is 0.497 e. The SMILES string of the molecule is COc1ccc(CCNC(=O)c2ccccc2NC(=O)CN2CCCCCCC2)cc1. The first-order valence-electron chi connectivity index (χ1n) is 11.2. The van der Waals surface area contributed by atoms with Gasteiger partial charge in [-0.1, -0.05) is 43.5 Å². The van der Waals surface area contributed by atoms with Crippen LogP contribution in [0.15, 0.2) is 48.5 Å². The Labute approximate surface area is 185 Å². The number of likely N-dealkylation sites (tertiary alicyclic amines) is 1. The molecule has 0 radical (unpaired) electrons. The van der Waals surface area contributed by atoms with Crippen LogP contribution in [0.25, 0.3) is 0 Å². The van der Waals surface area contributed by atoms with E-state index in [0.29, 0.717) is 24.3 Å². The van der Waals surface area contributed by atoms with E-state index in [1.807, 2.05) is 36.4 Å². The zero-order chi connectivity index (χ0) is 21.9. The lowest BCUT2D eigenvalue weighted by molar-refractivity contribution is -0.117. The van der Waals surface area contributed by atoms with Gasteiger partial charge in [0.1, 0.15) is 5.75 Å². The van der Waals surface area contributed by atoms with Crippen LogP contribution in [-0.2, 0) is 11.2 Å². The zero-order valence-electron chi connectivity index (χ0n) is 18.4. The smallest absolute Gasteiger partial charge is 0.253 e. The van der Waals surface area contributed by atoms with E-state index in [2.05, 4.69) is 15.5 Å². The second-order valence-electron chi connectivity index (χ2n) is 7.99. The molecule has 1 saturated heterocycles. The van der Waals surface area contributed by atoms with E-state index in [1.54, 1.807) is 19.2 Å². The number of rotatable bonds is 8. The van der Waals surface area contributed by atoms with Gasteiger partial charge in [-0.25, -0.2) is 0 Å². The molecule has 0 atom stereocenters. The molecule has 0 aromatic heterocycles. The Morgan fingerprint density at radius 2 is 1.61 bits per heavy atom. The predicted molar refractivity (Wildman–Crippen MR) is 124 cm³/mol. The number of methoxy groups -OCH3 is 1. The van der Waals surface area contributed by atoms with Gasteiger partial charge >= 0.3 is 0 Å². The Hall–Kier alpha value is -2.86. The highest BCUT2D eigenvalue weighted by atomic mass is 16.5. The molecule has 2 N–H and O–H groups in total. The van der Waals surface area contributed by atoms with E-state index >= 15 is 0 Å². The van der Waals surface area contributed by atoms with E-state index in [9.17, 15) is 9.59 Å². The van der Waals surface area contributed by atoms with Crippen molar-refractivity contribution in [2.45, 2.75) is 38.5 Å². The number of para-hydroxylation sites is 1. The van der Waals surface area contributed by atoms with Gasteiger partial charge in [-0.15, -0.1) is 0 Å². The lowest BCUT2D eigenvalue weighted by Gasteiger charge is -2.24. The molecular formula is C25H33N3O3. The Kier molecular flexibility index (Phi) is 8.91. The number of carbonyl (C=O) groups excluding carboxylic acids is 2. The molecule has 1 aliphatic rings. The van der Waals surface area contributed by atoms with Gasteiger partial charge in [0.25, 0.3) is 5.91 Å². The molecule has 166 valence electrons. The Bertz CT molecular complexity index is 843. The number of hydrogen-bond donors (Lipinski definition) is 2. The van der Waals surface area contributed by atoms with Crippen molar-refractivity contribution in [3.63, 3.8) is 0 Å². The standard InChI is InChI=1S/C25H33N3O3/c1-31-21-13-11-20(12-14-21)15-16-26-25(30)22-9-5-6-10-23(22)27-24(29)19-28-17-7-3-2-4-8-18-28/h5-6,9-14H,2-4,7-8,15-19H2,1H3,(H,26,30)(H,27,29). The molecule has 0 unspecified atom stereocenters. The van der Waals surface area contributed by atoms with Gasteiger partial charge in [-0.2, -0.15) is 0 Å². The van der Waals surface area contributed by atoms with Crippen LogP contribution in [-0.4, -0.2) is 50.0 Å². The monoisotopic (exact) mass is 423 g/mol. The third kappa shape index (κ3) is 7.40. The minimum Gasteiger partial charge on any atom is -0.497 e. The van der Waals surface area contributed by atoms with Crippen LogP contribution >= 0.6 is 0 Å². The van der Waals surface area contributed by atoms with Crippen molar-refractivity contribution in [3.8, 4) is 5.75 Å². The van der Waals surface area contributed by atoms with E-state index in [0.717, 1.165) is 43.7 Å². The average Bonchev–Trinajstić information content (AvgIpc) is 2.76. The molecule has 6 heteroatoms. The maximum atomic E-state index is 12.7. The highest BCUT2D eigenvalue weighted by Crippen LogP contribution is 2.16. The minimum atomic E-state index is -0.185. The molecule has 3 rings (SSSR count). The molecule has 0 aliphatic carbocycles. The van der Waals surface area contributed by atoms with Crippen LogP contribution in [0.5, 0.6) is 5.75 Å². The minimum absolute atomic E-state index is 0.0703. The zero-order valence-corrected chi connectivity index (χ0v) is 18.4. The summed E-state index contributed by atoms with van der Waals surface area (Å²) in [5, 5.41) is 5.89. The molecule has 1 heterocycles. The van der Waals surface area contributed by atoms with Crippen LogP contribution in [0.1, 0.15) is 48.0 Å². The Morgan fingerprint density at radius 1 is 0.935 bits per heavy atom. The number of amides is 2. The molecule has 1 fully saturated rings. The van der Waals surface area contributed by atoms with Crippen molar-refractivity contribution < 1.29 is 14.3 Å². The normalized spacial score (nSPS) is 14.9. The van der Waals surface area contributed by atoms with Crippen molar-refractivity contribution >= 4 is 17.5 Å². The first-order chi connectivity index (χ1) is 15.2. The molecule has 6 nitrogen and oxygen atoms in total. The number of anilines is 1. The highest BCUT2D eigenvalue weighted by molar-refractivity contribution is 6.04. The summed E-state index contributed by atoms with van der Waals surface area (Å²) < 4.78 is 5.17. The van der Waals surface area contributed by atoms with Gasteiger partial charge in [-0.3, -0.25) is 14.5 Å². The van der Waals surface area contributed by atoms with Gasteiger partial charge in [-0.05, 0) is 62.2 Å². The van der Waals surface area contributed by atoms with E-state index in [1.165, 1.54) is 19.3 Å². The van der Waals surface area contributed by atoms with Gasteiger partial charge in [0, 0.05) is 6.54 Å². The van der Waals surface area contributed by atoms with Crippen LogP contribution in [0.4, 0.5) is 5.69 Å². The number of benzene rings is 2. The molecule has 2 amide bonds. The molecule has 0 bridgehead atoms. The first kappa shape index (κ1) is 22.8. The summed E-state index contributed by atoms with van der Waals surface area (Å²) in [6.45, 7) is 2.80. The van der Waals surface area contributed by atoms with Gasteiger partial charge in [0.05, 0.1) is 24.9 Å². The van der Waals surface area contributed by atoms with Crippen molar-refractivity contribution in [1.82, 2.24) is 10.2 Å². The summed E-state index contributed by atoms with van der Waals surface area (Å²) >= 11 is 0. The number of hydrogen-bond acceptors (Lipinski definition) is 4. The summed E-state index contributed by atoms with van der Waals surface area (Å²) in [4.78, 5) is 27.5. The van der Waals surface area contributed by atoms with Gasteiger partial charge in [0.2, 0.25) is 5.91 Å². The van der Waals surface area contributed by atoms with Gasteiger partial charge in [0.15, 0.2) is 0 Å². The average molecular weight is 424 g/mol. The maximum Gasteiger partial charge on any atom is 0.253 e. The van der Waals surface area contributed by atoms with Crippen molar-refractivity contribution in [2.75, 3.05) is 38.6 Å². The third-order valence-electron chi connectivity index (χ3n) is 5.62. The molecule has 2 aromatic rings. The van der Waals surface area contributed by atoms with Crippen LogP contribution in [0, 0.1) is 0 Å². The molecule has 0 saturated carbocycles. The van der Waals surface area contributed by atoms with E-state index in [-0.39, 0.29) is 11.8 Å². The second kappa shape index (κ2) is 12.1. The number of carbonyl (C=O) groups is 2. The Morgan fingerprint density at radius 3 is 2.32 bits per heavy atom. The van der Waals surface area contributed by atoms with Crippen molar-refractivity contribution in [2.24, 2.45) is 0 Å². The topological polar surface area (TPSA) is 70.7 Å². The third-order valence-corrected chi connectivity index (χ3v) is 5.62. The number of nitrogens with zero attached hydrogens (tertiary/aromatic N) is 1. The fraction of sp³-hybridized carbons (Fsp3) is 0.440. The maximum absolute atomic E-state index is 12.7. The van der Waals surface area contributed by atoms with Crippen LogP contribution in [0.3, 0.4) is 0 Å².